The Morgan fingerprint density at radius 2 is 2.00 bits per heavy atom. The number of amides is 1. The monoisotopic (exact) mass is 460 g/mol. The lowest BCUT2D eigenvalue weighted by atomic mass is 10.1. The summed E-state index contributed by atoms with van der Waals surface area (Å²) in [5.41, 5.74) is 2.34. The molecule has 10 nitrogen and oxygen atoms in total. The SMILES string of the molecule is CCCCOc1ccc(-c2cc3c4nn(CC(=O)NCc5ccco5)c(=O)n4ccn3n2)cc1. The molecule has 0 unspecified atom stereocenters. The lowest BCUT2D eigenvalue weighted by molar-refractivity contribution is -0.122. The Labute approximate surface area is 194 Å². The molecule has 5 rings (SSSR count). The van der Waals surface area contributed by atoms with Crippen molar-refractivity contribution >= 4 is 17.1 Å². The quantitative estimate of drug-likeness (QED) is 0.339. The Balaban J connectivity index is 1.38. The van der Waals surface area contributed by atoms with Crippen LogP contribution in [-0.4, -0.2) is 36.3 Å². The number of furan rings is 1. The molecule has 1 N–H and O–H groups in total. The molecule has 4 heterocycles. The summed E-state index contributed by atoms with van der Waals surface area (Å²) >= 11 is 0. The van der Waals surface area contributed by atoms with Crippen LogP contribution in [0.3, 0.4) is 0 Å². The van der Waals surface area contributed by atoms with E-state index in [1.54, 1.807) is 29.0 Å². The number of hydrogen-bond acceptors (Lipinski definition) is 6. The molecule has 0 aliphatic carbocycles. The number of ether oxygens (including phenoxy) is 1. The Morgan fingerprint density at radius 3 is 2.76 bits per heavy atom. The first-order valence-electron chi connectivity index (χ1n) is 11.1. The van der Waals surface area contributed by atoms with E-state index in [1.807, 2.05) is 30.3 Å². The van der Waals surface area contributed by atoms with Crippen LogP contribution in [0.5, 0.6) is 5.75 Å². The van der Waals surface area contributed by atoms with E-state index >= 15 is 0 Å². The molecule has 5 aromatic rings. The largest absolute Gasteiger partial charge is 0.494 e. The van der Waals surface area contributed by atoms with Crippen molar-refractivity contribution in [2.24, 2.45) is 0 Å². The third kappa shape index (κ3) is 4.29. The van der Waals surface area contributed by atoms with Crippen LogP contribution in [-0.2, 0) is 17.9 Å². The average Bonchev–Trinajstić information content (AvgIpc) is 3.58. The zero-order valence-electron chi connectivity index (χ0n) is 18.7. The van der Waals surface area contributed by atoms with Crippen LogP contribution < -0.4 is 15.7 Å². The summed E-state index contributed by atoms with van der Waals surface area (Å²) in [4.78, 5) is 25.1. The van der Waals surface area contributed by atoms with Gasteiger partial charge in [0.1, 0.15) is 23.6 Å². The fraction of sp³-hybridized carbons (Fsp3) is 0.250. The van der Waals surface area contributed by atoms with Gasteiger partial charge in [-0.05, 0) is 48.9 Å². The summed E-state index contributed by atoms with van der Waals surface area (Å²) in [5, 5.41) is 11.7. The van der Waals surface area contributed by atoms with Gasteiger partial charge in [-0.1, -0.05) is 13.3 Å². The highest BCUT2D eigenvalue weighted by Gasteiger charge is 2.15. The maximum absolute atomic E-state index is 12.8. The van der Waals surface area contributed by atoms with E-state index in [0.717, 1.165) is 34.5 Å². The number of nitrogens with zero attached hydrogens (tertiary/aromatic N) is 5. The zero-order valence-corrected chi connectivity index (χ0v) is 18.7. The Hall–Kier alpha value is -4.34. The molecule has 0 spiro atoms. The second kappa shape index (κ2) is 9.26. The smallest absolute Gasteiger partial charge is 0.350 e. The van der Waals surface area contributed by atoms with Gasteiger partial charge < -0.3 is 14.5 Å². The Morgan fingerprint density at radius 1 is 1.15 bits per heavy atom. The van der Waals surface area contributed by atoms with Crippen molar-refractivity contribution < 1.29 is 13.9 Å². The molecule has 1 amide bonds. The molecule has 0 aliphatic heterocycles. The van der Waals surface area contributed by atoms with Crippen molar-refractivity contribution in [1.82, 2.24) is 29.1 Å². The van der Waals surface area contributed by atoms with Crippen LogP contribution in [0.1, 0.15) is 25.5 Å². The van der Waals surface area contributed by atoms with E-state index in [2.05, 4.69) is 22.4 Å². The highest BCUT2D eigenvalue weighted by Crippen LogP contribution is 2.24. The van der Waals surface area contributed by atoms with E-state index in [-0.39, 0.29) is 19.0 Å². The summed E-state index contributed by atoms with van der Waals surface area (Å²) in [6.45, 7) is 2.86. The molecule has 4 aromatic heterocycles. The summed E-state index contributed by atoms with van der Waals surface area (Å²) in [5.74, 6) is 1.11. The number of carbonyl (C=O) groups excluding carboxylic acids is 1. The van der Waals surface area contributed by atoms with Crippen molar-refractivity contribution in [1.29, 1.82) is 0 Å². The molecular weight excluding hydrogens is 436 g/mol. The standard InChI is InChI=1S/C24H24N6O4/c1-2-3-12-33-18-8-6-17(7-9-18)20-14-21-23-27-30(24(32)28(23)10-11-29(21)26-20)16-22(31)25-15-19-5-4-13-34-19/h4-11,13-14H,2-3,12,15-16H2,1H3,(H,25,31). The lowest BCUT2D eigenvalue weighted by Crippen LogP contribution is -2.32. The minimum Gasteiger partial charge on any atom is -0.494 e. The summed E-state index contributed by atoms with van der Waals surface area (Å²) in [7, 11) is 0. The van der Waals surface area contributed by atoms with E-state index < -0.39 is 5.69 Å². The molecule has 0 atom stereocenters. The fourth-order valence-corrected chi connectivity index (χ4v) is 3.63. The van der Waals surface area contributed by atoms with E-state index in [1.165, 1.54) is 10.7 Å². The second-order valence-corrected chi connectivity index (χ2v) is 7.87. The summed E-state index contributed by atoms with van der Waals surface area (Å²) in [6.07, 6.45) is 6.92. The van der Waals surface area contributed by atoms with Crippen LogP contribution in [0.25, 0.3) is 22.4 Å². The maximum atomic E-state index is 12.8. The minimum absolute atomic E-state index is 0.201. The first kappa shape index (κ1) is 21.5. The van der Waals surface area contributed by atoms with Gasteiger partial charge in [-0.3, -0.25) is 4.79 Å². The molecule has 1 aromatic carbocycles. The van der Waals surface area contributed by atoms with Crippen molar-refractivity contribution in [3.05, 3.63) is 77.4 Å². The first-order valence-corrected chi connectivity index (χ1v) is 11.1. The van der Waals surface area contributed by atoms with E-state index in [0.29, 0.717) is 23.5 Å². The normalized spacial score (nSPS) is 11.3. The molecule has 0 radical (unpaired) electrons. The Bertz CT molecular complexity index is 1480. The van der Waals surface area contributed by atoms with Gasteiger partial charge >= 0.3 is 5.69 Å². The van der Waals surface area contributed by atoms with Crippen molar-refractivity contribution in [2.75, 3.05) is 6.61 Å². The Kier molecular flexibility index (Phi) is 5.86. The van der Waals surface area contributed by atoms with E-state index in [4.69, 9.17) is 9.15 Å². The summed E-state index contributed by atoms with van der Waals surface area (Å²) in [6, 6.07) is 13.1. The van der Waals surface area contributed by atoms with Crippen LogP contribution in [0.2, 0.25) is 0 Å². The number of rotatable bonds is 9. The molecule has 0 saturated heterocycles. The highest BCUT2D eigenvalue weighted by molar-refractivity contribution is 5.77. The van der Waals surface area contributed by atoms with E-state index in [9.17, 15) is 9.59 Å². The van der Waals surface area contributed by atoms with Gasteiger partial charge in [-0.15, -0.1) is 5.10 Å². The van der Waals surface area contributed by atoms with Crippen molar-refractivity contribution in [2.45, 2.75) is 32.9 Å². The molecule has 0 saturated carbocycles. The number of aromatic nitrogens is 5. The topological polar surface area (TPSA) is 108 Å². The second-order valence-electron chi connectivity index (χ2n) is 7.87. The van der Waals surface area contributed by atoms with Crippen molar-refractivity contribution in [3.8, 4) is 17.0 Å². The van der Waals surface area contributed by atoms with Gasteiger partial charge in [0, 0.05) is 18.0 Å². The third-order valence-corrected chi connectivity index (χ3v) is 5.44. The third-order valence-electron chi connectivity index (χ3n) is 5.44. The fourth-order valence-electron chi connectivity index (χ4n) is 3.63. The van der Waals surface area contributed by atoms with Gasteiger partial charge in [-0.2, -0.15) is 5.10 Å². The number of benzene rings is 1. The number of nitrogens with one attached hydrogen (secondary N) is 1. The molecule has 34 heavy (non-hydrogen) atoms. The predicted octanol–water partition coefficient (Wildman–Crippen LogP) is 2.90. The molecule has 0 fully saturated rings. The van der Waals surface area contributed by atoms with Crippen LogP contribution in [0.4, 0.5) is 0 Å². The zero-order chi connectivity index (χ0) is 23.5. The van der Waals surface area contributed by atoms with Crippen molar-refractivity contribution in [3.63, 3.8) is 0 Å². The molecule has 174 valence electrons. The summed E-state index contributed by atoms with van der Waals surface area (Å²) < 4.78 is 15.1. The maximum Gasteiger partial charge on any atom is 0.350 e. The number of fused-ring (bicyclic) bond motifs is 3. The number of unbranched alkanes of at least 4 members (excludes halogenated alkanes) is 1. The minimum atomic E-state index is -0.401. The highest BCUT2D eigenvalue weighted by atomic mass is 16.5. The number of hydrogen-bond donors (Lipinski definition) is 1. The van der Waals surface area contributed by atoms with Gasteiger partial charge in [0.2, 0.25) is 5.91 Å². The molecule has 10 heteroatoms. The van der Waals surface area contributed by atoms with Crippen LogP contribution >= 0.6 is 0 Å². The van der Waals surface area contributed by atoms with Crippen LogP contribution in [0.15, 0.2) is 70.3 Å². The van der Waals surface area contributed by atoms with Gasteiger partial charge in [0.25, 0.3) is 0 Å². The first-order chi connectivity index (χ1) is 16.6. The predicted molar refractivity (Wildman–Crippen MR) is 125 cm³/mol. The average molecular weight is 460 g/mol. The van der Waals surface area contributed by atoms with Crippen LogP contribution in [0, 0.1) is 0 Å². The van der Waals surface area contributed by atoms with Gasteiger partial charge in [0.05, 0.1) is 25.1 Å². The lowest BCUT2D eigenvalue weighted by Gasteiger charge is -2.05. The molecular formula is C24H24N6O4. The molecule has 0 aliphatic rings. The number of carbonyl (C=O) groups is 1. The van der Waals surface area contributed by atoms with Gasteiger partial charge in [-0.25, -0.2) is 18.4 Å². The van der Waals surface area contributed by atoms with Gasteiger partial charge in [0.15, 0.2) is 5.65 Å². The molecule has 0 bridgehead atoms.